The number of imidazole rings is 1. The van der Waals surface area contributed by atoms with Crippen molar-refractivity contribution in [3.63, 3.8) is 0 Å². The molecule has 23 heavy (non-hydrogen) atoms. The highest BCUT2D eigenvalue weighted by molar-refractivity contribution is 7.07. The molecule has 0 spiro atoms. The lowest BCUT2D eigenvalue weighted by Crippen LogP contribution is -2.36. The minimum atomic E-state index is 0.545. The molecule has 0 unspecified atom stereocenters. The van der Waals surface area contributed by atoms with Crippen LogP contribution in [0, 0.1) is 0 Å². The first-order valence-electron chi connectivity index (χ1n) is 8.46. The maximum Gasteiger partial charge on any atom is 0.113 e. The Morgan fingerprint density at radius 2 is 2.30 bits per heavy atom. The van der Waals surface area contributed by atoms with Crippen LogP contribution in [0.1, 0.15) is 50.5 Å². The molecule has 0 amide bonds. The van der Waals surface area contributed by atoms with E-state index in [1.54, 1.807) is 11.3 Å². The summed E-state index contributed by atoms with van der Waals surface area (Å²) in [5.74, 6) is 1.77. The lowest BCUT2D eigenvalue weighted by Gasteiger charge is -2.32. The van der Waals surface area contributed by atoms with Gasteiger partial charge in [0.15, 0.2) is 0 Å². The molecule has 0 saturated carbocycles. The first-order valence-corrected chi connectivity index (χ1v) is 9.40. The zero-order valence-corrected chi connectivity index (χ0v) is 14.9. The number of hydrogen-bond donors (Lipinski definition) is 0. The Kier molecular flexibility index (Phi) is 5.62. The lowest BCUT2D eigenvalue weighted by molar-refractivity contribution is 0.205. The van der Waals surface area contributed by atoms with Crippen LogP contribution in [-0.4, -0.2) is 39.1 Å². The summed E-state index contributed by atoms with van der Waals surface area (Å²) in [4.78, 5) is 11.7. The molecule has 1 fully saturated rings. The van der Waals surface area contributed by atoms with E-state index in [0.29, 0.717) is 5.92 Å². The lowest BCUT2D eigenvalue weighted by atomic mass is 9.97. The SMILES string of the molecule is CC(C)=CCCN1CCC[C@H](c2nccn2Cc2cscn2)C1. The average molecular weight is 331 g/mol. The van der Waals surface area contributed by atoms with Crippen LogP contribution in [0.3, 0.4) is 0 Å². The number of piperidine rings is 1. The van der Waals surface area contributed by atoms with Crippen LogP contribution in [0.5, 0.6) is 0 Å². The van der Waals surface area contributed by atoms with Crippen LogP contribution in [0.2, 0.25) is 0 Å². The van der Waals surface area contributed by atoms with Gasteiger partial charge in [-0.3, -0.25) is 0 Å². The zero-order chi connectivity index (χ0) is 16.1. The van der Waals surface area contributed by atoms with Gasteiger partial charge in [-0.05, 0) is 39.7 Å². The summed E-state index contributed by atoms with van der Waals surface area (Å²) in [6, 6.07) is 0. The number of likely N-dealkylation sites (tertiary alicyclic amines) is 1. The summed E-state index contributed by atoms with van der Waals surface area (Å²) in [5, 5.41) is 2.12. The molecule has 1 aliphatic heterocycles. The molecular weight excluding hydrogens is 304 g/mol. The second-order valence-corrected chi connectivity index (χ2v) is 7.32. The summed E-state index contributed by atoms with van der Waals surface area (Å²) in [6.45, 7) is 8.70. The first kappa shape index (κ1) is 16.4. The Morgan fingerprint density at radius 3 is 3.09 bits per heavy atom. The number of thiazole rings is 1. The van der Waals surface area contributed by atoms with Gasteiger partial charge in [0.1, 0.15) is 5.82 Å². The number of rotatable bonds is 6. The molecule has 0 aromatic carbocycles. The number of nitrogens with zero attached hydrogens (tertiary/aromatic N) is 4. The maximum absolute atomic E-state index is 4.66. The Hall–Kier alpha value is -1.46. The van der Waals surface area contributed by atoms with Crippen LogP contribution in [0.25, 0.3) is 0 Å². The maximum atomic E-state index is 4.66. The van der Waals surface area contributed by atoms with Crippen molar-refractivity contribution >= 4 is 11.3 Å². The molecule has 1 saturated heterocycles. The van der Waals surface area contributed by atoms with E-state index in [2.05, 4.69) is 50.9 Å². The predicted octanol–water partition coefficient (Wildman–Crippen LogP) is 3.92. The van der Waals surface area contributed by atoms with E-state index >= 15 is 0 Å². The highest BCUT2D eigenvalue weighted by Crippen LogP contribution is 2.26. The van der Waals surface area contributed by atoms with Crippen molar-refractivity contribution in [3.05, 3.63) is 46.5 Å². The highest BCUT2D eigenvalue weighted by Gasteiger charge is 2.24. The zero-order valence-electron chi connectivity index (χ0n) is 14.1. The second kappa shape index (κ2) is 7.88. The van der Waals surface area contributed by atoms with Gasteiger partial charge in [0.25, 0.3) is 0 Å². The number of aromatic nitrogens is 3. The van der Waals surface area contributed by atoms with Gasteiger partial charge in [-0.1, -0.05) is 11.6 Å². The van der Waals surface area contributed by atoms with Crippen LogP contribution in [0.4, 0.5) is 0 Å². The van der Waals surface area contributed by atoms with Crippen molar-refractivity contribution in [2.24, 2.45) is 0 Å². The Labute approximate surface area is 142 Å². The third-order valence-electron chi connectivity index (χ3n) is 4.43. The molecule has 2 aromatic heterocycles. The molecule has 1 atom stereocenters. The molecule has 0 N–H and O–H groups in total. The fraction of sp³-hybridized carbons (Fsp3) is 0.556. The Balaban J connectivity index is 1.62. The van der Waals surface area contributed by atoms with E-state index in [0.717, 1.165) is 31.7 Å². The molecule has 0 aliphatic carbocycles. The van der Waals surface area contributed by atoms with Gasteiger partial charge in [-0.25, -0.2) is 9.97 Å². The highest BCUT2D eigenvalue weighted by atomic mass is 32.1. The normalized spacial score (nSPS) is 19.0. The fourth-order valence-corrected chi connectivity index (χ4v) is 3.86. The molecule has 5 heteroatoms. The molecule has 0 radical (unpaired) electrons. The van der Waals surface area contributed by atoms with Crippen molar-refractivity contribution in [2.45, 2.75) is 45.6 Å². The summed E-state index contributed by atoms with van der Waals surface area (Å²) < 4.78 is 2.28. The summed E-state index contributed by atoms with van der Waals surface area (Å²) in [7, 11) is 0. The molecule has 2 aromatic rings. The number of hydrogen-bond acceptors (Lipinski definition) is 4. The Morgan fingerprint density at radius 1 is 1.39 bits per heavy atom. The minimum Gasteiger partial charge on any atom is -0.329 e. The van der Waals surface area contributed by atoms with E-state index in [1.807, 2.05) is 11.7 Å². The van der Waals surface area contributed by atoms with Gasteiger partial charge >= 0.3 is 0 Å². The summed E-state index contributed by atoms with van der Waals surface area (Å²) in [5.41, 5.74) is 4.44. The van der Waals surface area contributed by atoms with E-state index in [4.69, 9.17) is 0 Å². The van der Waals surface area contributed by atoms with Crippen LogP contribution < -0.4 is 0 Å². The quantitative estimate of drug-likeness (QED) is 0.753. The van der Waals surface area contributed by atoms with E-state index < -0.39 is 0 Å². The van der Waals surface area contributed by atoms with Crippen molar-refractivity contribution in [2.75, 3.05) is 19.6 Å². The third kappa shape index (κ3) is 4.52. The van der Waals surface area contributed by atoms with Crippen LogP contribution >= 0.6 is 11.3 Å². The van der Waals surface area contributed by atoms with Gasteiger partial charge in [0.2, 0.25) is 0 Å². The Bertz CT molecular complexity index is 625. The van der Waals surface area contributed by atoms with Gasteiger partial charge in [0.05, 0.1) is 17.7 Å². The molecule has 0 bridgehead atoms. The first-order chi connectivity index (χ1) is 11.2. The third-order valence-corrected chi connectivity index (χ3v) is 5.07. The van der Waals surface area contributed by atoms with Crippen molar-refractivity contribution in [3.8, 4) is 0 Å². The molecule has 4 nitrogen and oxygen atoms in total. The average Bonchev–Trinajstić information content (AvgIpc) is 3.19. The monoisotopic (exact) mass is 330 g/mol. The molecule has 1 aliphatic rings. The van der Waals surface area contributed by atoms with Gasteiger partial charge in [-0.15, -0.1) is 11.3 Å². The fourth-order valence-electron chi connectivity index (χ4n) is 3.31. The van der Waals surface area contributed by atoms with Crippen LogP contribution in [0.15, 0.2) is 34.9 Å². The van der Waals surface area contributed by atoms with Gasteiger partial charge < -0.3 is 9.47 Å². The number of allylic oxidation sites excluding steroid dienone is 1. The second-order valence-electron chi connectivity index (χ2n) is 6.60. The molecule has 124 valence electrons. The standard InChI is InChI=1S/C18H26N4S/c1-15(2)5-3-8-21-9-4-6-16(11-21)18-19-7-10-22(18)12-17-13-23-14-20-17/h5,7,10,13-14,16H,3-4,6,8-9,11-12H2,1-2H3/t16-/m0/s1. The molecular formula is C18H26N4S. The molecule has 3 heterocycles. The topological polar surface area (TPSA) is 34.0 Å². The summed E-state index contributed by atoms with van der Waals surface area (Å²) in [6.07, 6.45) is 10.0. The van der Waals surface area contributed by atoms with Crippen LogP contribution in [-0.2, 0) is 6.54 Å². The van der Waals surface area contributed by atoms with Crippen molar-refractivity contribution < 1.29 is 0 Å². The van der Waals surface area contributed by atoms with E-state index in [1.165, 1.54) is 30.8 Å². The van der Waals surface area contributed by atoms with Crippen molar-refractivity contribution in [1.29, 1.82) is 0 Å². The van der Waals surface area contributed by atoms with E-state index in [-0.39, 0.29) is 0 Å². The minimum absolute atomic E-state index is 0.545. The van der Waals surface area contributed by atoms with E-state index in [9.17, 15) is 0 Å². The summed E-state index contributed by atoms with van der Waals surface area (Å²) >= 11 is 1.66. The predicted molar refractivity (Wildman–Crippen MR) is 95.9 cm³/mol. The van der Waals surface area contributed by atoms with Gasteiger partial charge in [0, 0.05) is 36.8 Å². The van der Waals surface area contributed by atoms with Crippen molar-refractivity contribution in [1.82, 2.24) is 19.4 Å². The largest absolute Gasteiger partial charge is 0.329 e. The van der Waals surface area contributed by atoms with Gasteiger partial charge in [-0.2, -0.15) is 0 Å². The smallest absolute Gasteiger partial charge is 0.113 e. The molecule has 3 rings (SSSR count).